The lowest BCUT2D eigenvalue weighted by Crippen LogP contribution is -2.24. The van der Waals surface area contributed by atoms with E-state index in [2.05, 4.69) is 41.1 Å². The molecule has 1 fully saturated rings. The zero-order chi connectivity index (χ0) is 19.0. The molecule has 1 aliphatic heterocycles. The number of aromatic nitrogens is 1. The van der Waals surface area contributed by atoms with Crippen LogP contribution in [0.2, 0.25) is 0 Å². The zero-order valence-corrected chi connectivity index (χ0v) is 15.4. The largest absolute Gasteiger partial charge is 0.366 e. The maximum Gasteiger partial charge on any atom is 0.248 e. The first-order valence-corrected chi connectivity index (χ1v) is 9.28. The molecule has 4 rings (SSSR count). The van der Waals surface area contributed by atoms with E-state index in [-0.39, 0.29) is 5.43 Å². The first-order chi connectivity index (χ1) is 13.0. The molecule has 5 nitrogen and oxygen atoms in total. The summed E-state index contributed by atoms with van der Waals surface area (Å²) in [6, 6.07) is 15.5. The Bertz CT molecular complexity index is 1070. The van der Waals surface area contributed by atoms with Gasteiger partial charge in [-0.15, -0.1) is 0 Å². The van der Waals surface area contributed by atoms with Crippen molar-refractivity contribution in [1.82, 2.24) is 9.88 Å². The molecule has 3 aromatic rings. The molecule has 1 aliphatic rings. The SMILES string of the molecule is Cc1ccccc1[C@@H]1CCCN1Cc1cc(=O)c2cc(C(N)=O)ccc2[nH]1. The average Bonchev–Trinajstić information content (AvgIpc) is 3.09. The molecule has 1 saturated heterocycles. The molecule has 0 unspecified atom stereocenters. The van der Waals surface area contributed by atoms with Crippen molar-refractivity contribution < 1.29 is 4.79 Å². The van der Waals surface area contributed by atoms with Crippen molar-refractivity contribution in [3.63, 3.8) is 0 Å². The number of pyridine rings is 1. The maximum absolute atomic E-state index is 12.6. The Hall–Kier alpha value is -2.92. The summed E-state index contributed by atoms with van der Waals surface area (Å²) < 4.78 is 0. The highest BCUT2D eigenvalue weighted by Gasteiger charge is 2.27. The van der Waals surface area contributed by atoms with Gasteiger partial charge < -0.3 is 10.7 Å². The molecule has 1 amide bonds. The van der Waals surface area contributed by atoms with Crippen molar-refractivity contribution in [2.45, 2.75) is 32.4 Å². The normalized spacial score (nSPS) is 17.4. The van der Waals surface area contributed by atoms with Crippen LogP contribution in [-0.2, 0) is 6.54 Å². The van der Waals surface area contributed by atoms with Gasteiger partial charge in [0.05, 0.1) is 0 Å². The van der Waals surface area contributed by atoms with Crippen LogP contribution in [0.3, 0.4) is 0 Å². The molecule has 2 aromatic carbocycles. The van der Waals surface area contributed by atoms with Gasteiger partial charge in [0.2, 0.25) is 5.91 Å². The number of nitrogens with two attached hydrogens (primary N) is 1. The number of hydrogen-bond donors (Lipinski definition) is 2. The smallest absolute Gasteiger partial charge is 0.248 e. The van der Waals surface area contributed by atoms with Crippen LogP contribution in [0.15, 0.2) is 53.3 Å². The molecule has 2 heterocycles. The first kappa shape index (κ1) is 17.5. The van der Waals surface area contributed by atoms with Crippen LogP contribution in [0, 0.1) is 6.92 Å². The van der Waals surface area contributed by atoms with Crippen molar-refractivity contribution in [2.75, 3.05) is 6.54 Å². The topological polar surface area (TPSA) is 79.2 Å². The van der Waals surface area contributed by atoms with E-state index in [1.807, 2.05) is 0 Å². The van der Waals surface area contributed by atoms with E-state index in [4.69, 9.17) is 5.73 Å². The van der Waals surface area contributed by atoms with E-state index >= 15 is 0 Å². The fourth-order valence-corrected chi connectivity index (χ4v) is 4.09. The number of aromatic amines is 1. The predicted molar refractivity (Wildman–Crippen MR) is 107 cm³/mol. The summed E-state index contributed by atoms with van der Waals surface area (Å²) in [7, 11) is 0. The standard InChI is InChI=1S/C22H23N3O2/c1-14-5-2-3-6-17(14)20-7-4-10-25(20)13-16-12-21(26)18-11-15(22(23)27)8-9-19(18)24-16/h2-3,5-6,8-9,11-12,20H,4,7,10,13H2,1H3,(H2,23,27)(H,24,26)/t20-/m0/s1. The van der Waals surface area contributed by atoms with Crippen LogP contribution < -0.4 is 11.2 Å². The molecule has 5 heteroatoms. The Morgan fingerprint density at radius 1 is 1.22 bits per heavy atom. The maximum atomic E-state index is 12.6. The molecular weight excluding hydrogens is 338 g/mol. The third-order valence-corrected chi connectivity index (χ3v) is 5.45. The van der Waals surface area contributed by atoms with Crippen LogP contribution in [-0.4, -0.2) is 22.3 Å². The molecule has 27 heavy (non-hydrogen) atoms. The Morgan fingerprint density at radius 2 is 2.04 bits per heavy atom. The minimum absolute atomic E-state index is 0.0894. The Balaban J connectivity index is 1.65. The van der Waals surface area contributed by atoms with Crippen molar-refractivity contribution in [3.05, 3.63) is 81.1 Å². The average molecular weight is 361 g/mol. The number of carbonyl (C=O) groups excluding carboxylic acids is 1. The third-order valence-electron chi connectivity index (χ3n) is 5.45. The number of nitrogens with zero attached hydrogens (tertiary/aromatic N) is 1. The minimum Gasteiger partial charge on any atom is -0.366 e. The van der Waals surface area contributed by atoms with Crippen LogP contribution in [0.1, 0.15) is 46.1 Å². The number of fused-ring (bicyclic) bond motifs is 1. The Labute approximate surface area is 157 Å². The number of carbonyl (C=O) groups is 1. The van der Waals surface area contributed by atoms with Crippen LogP contribution >= 0.6 is 0 Å². The van der Waals surface area contributed by atoms with E-state index in [0.29, 0.717) is 23.5 Å². The minimum atomic E-state index is -0.529. The van der Waals surface area contributed by atoms with E-state index in [0.717, 1.165) is 30.6 Å². The second-order valence-electron chi connectivity index (χ2n) is 7.27. The van der Waals surface area contributed by atoms with Gasteiger partial charge in [-0.25, -0.2) is 0 Å². The van der Waals surface area contributed by atoms with Crippen LogP contribution in [0.5, 0.6) is 0 Å². The van der Waals surface area contributed by atoms with Gasteiger partial charge in [0, 0.05) is 40.8 Å². The van der Waals surface area contributed by atoms with Crippen molar-refractivity contribution in [3.8, 4) is 0 Å². The highest BCUT2D eigenvalue weighted by molar-refractivity contribution is 5.96. The molecule has 0 radical (unpaired) electrons. The number of nitrogens with one attached hydrogen (secondary N) is 1. The van der Waals surface area contributed by atoms with Crippen molar-refractivity contribution in [1.29, 1.82) is 0 Å². The van der Waals surface area contributed by atoms with E-state index in [1.165, 1.54) is 11.1 Å². The van der Waals surface area contributed by atoms with Crippen molar-refractivity contribution >= 4 is 16.8 Å². The Morgan fingerprint density at radius 3 is 2.81 bits per heavy atom. The molecule has 0 bridgehead atoms. The Kier molecular flexibility index (Phi) is 4.54. The number of likely N-dealkylation sites (tertiary alicyclic amines) is 1. The van der Waals surface area contributed by atoms with Gasteiger partial charge >= 0.3 is 0 Å². The van der Waals surface area contributed by atoms with E-state index < -0.39 is 5.91 Å². The molecule has 0 spiro atoms. The fourth-order valence-electron chi connectivity index (χ4n) is 4.09. The van der Waals surface area contributed by atoms with Crippen LogP contribution in [0.4, 0.5) is 0 Å². The van der Waals surface area contributed by atoms with E-state index in [9.17, 15) is 9.59 Å². The summed E-state index contributed by atoms with van der Waals surface area (Å²) in [5.41, 5.74) is 9.87. The number of amides is 1. The van der Waals surface area contributed by atoms with Gasteiger partial charge in [0.25, 0.3) is 0 Å². The zero-order valence-electron chi connectivity index (χ0n) is 15.4. The summed E-state index contributed by atoms with van der Waals surface area (Å²) in [6.07, 6.45) is 2.28. The summed E-state index contributed by atoms with van der Waals surface area (Å²) in [6.45, 7) is 3.86. The predicted octanol–water partition coefficient (Wildman–Crippen LogP) is 3.27. The van der Waals surface area contributed by atoms with E-state index in [1.54, 1.807) is 24.3 Å². The number of primary amides is 1. The van der Waals surface area contributed by atoms with Gasteiger partial charge in [-0.3, -0.25) is 14.5 Å². The number of H-pyrrole nitrogens is 1. The summed E-state index contributed by atoms with van der Waals surface area (Å²) in [5.74, 6) is -0.529. The summed E-state index contributed by atoms with van der Waals surface area (Å²) in [5, 5.41) is 0.493. The second kappa shape index (κ2) is 7.00. The van der Waals surface area contributed by atoms with Gasteiger partial charge in [0.1, 0.15) is 0 Å². The molecule has 0 saturated carbocycles. The highest BCUT2D eigenvalue weighted by atomic mass is 16.1. The second-order valence-corrected chi connectivity index (χ2v) is 7.27. The monoisotopic (exact) mass is 361 g/mol. The number of rotatable bonds is 4. The number of hydrogen-bond acceptors (Lipinski definition) is 3. The molecule has 0 aliphatic carbocycles. The first-order valence-electron chi connectivity index (χ1n) is 9.28. The molecule has 3 N–H and O–H groups in total. The van der Waals surface area contributed by atoms with Gasteiger partial charge in [0.15, 0.2) is 5.43 Å². The molecular formula is C22H23N3O2. The number of benzene rings is 2. The molecule has 138 valence electrons. The summed E-state index contributed by atoms with van der Waals surface area (Å²) >= 11 is 0. The quantitative estimate of drug-likeness (QED) is 0.748. The van der Waals surface area contributed by atoms with Gasteiger partial charge in [-0.1, -0.05) is 24.3 Å². The summed E-state index contributed by atoms with van der Waals surface area (Å²) in [4.78, 5) is 29.7. The van der Waals surface area contributed by atoms with Gasteiger partial charge in [-0.2, -0.15) is 0 Å². The lowest BCUT2D eigenvalue weighted by molar-refractivity contribution is 0.100. The third kappa shape index (κ3) is 3.38. The molecule has 1 atom stereocenters. The number of aryl methyl sites for hydroxylation is 1. The lowest BCUT2D eigenvalue weighted by atomic mass is 9.99. The molecule has 1 aromatic heterocycles. The van der Waals surface area contributed by atoms with Crippen molar-refractivity contribution in [2.24, 2.45) is 5.73 Å². The van der Waals surface area contributed by atoms with Gasteiger partial charge in [-0.05, 0) is 55.6 Å². The fraction of sp³-hybridized carbons (Fsp3) is 0.273. The highest BCUT2D eigenvalue weighted by Crippen LogP contribution is 2.34. The van der Waals surface area contributed by atoms with Crippen LogP contribution in [0.25, 0.3) is 10.9 Å². The lowest BCUT2D eigenvalue weighted by Gasteiger charge is -2.26.